The lowest BCUT2D eigenvalue weighted by atomic mass is 10.0. The standard InChI is InChI=1S/C22H39OP/c1-2-3-4-5-6-7-8-9-10-11-12-13-14-18-21-24(23)22-19-16-15-17-20-22/h15-17,19-20,23H,2-14,18,21H2,1H3. The molecule has 0 amide bonds. The summed E-state index contributed by atoms with van der Waals surface area (Å²) in [7, 11) is -0.916. The second kappa shape index (κ2) is 16.1. The first-order valence-corrected chi connectivity index (χ1v) is 11.8. The Kier molecular flexibility index (Phi) is 14.5. The third kappa shape index (κ3) is 12.0. The van der Waals surface area contributed by atoms with E-state index in [1.165, 1.54) is 89.9 Å². The molecule has 0 radical (unpaired) electrons. The molecule has 1 aromatic carbocycles. The van der Waals surface area contributed by atoms with E-state index in [-0.39, 0.29) is 0 Å². The molecule has 0 fully saturated rings. The molecular weight excluding hydrogens is 311 g/mol. The van der Waals surface area contributed by atoms with Crippen LogP contribution >= 0.6 is 8.15 Å². The van der Waals surface area contributed by atoms with Crippen molar-refractivity contribution in [1.29, 1.82) is 0 Å². The average molecular weight is 351 g/mol. The minimum atomic E-state index is -0.916. The number of hydrogen-bond acceptors (Lipinski definition) is 1. The Balaban J connectivity index is 1.79. The van der Waals surface area contributed by atoms with Gasteiger partial charge in [-0.05, 0) is 12.6 Å². The summed E-state index contributed by atoms with van der Waals surface area (Å²) in [4.78, 5) is 10.2. The Morgan fingerprint density at radius 2 is 1.04 bits per heavy atom. The van der Waals surface area contributed by atoms with Gasteiger partial charge in [-0.1, -0.05) is 121 Å². The van der Waals surface area contributed by atoms with Gasteiger partial charge in [-0.2, -0.15) is 0 Å². The highest BCUT2D eigenvalue weighted by molar-refractivity contribution is 7.59. The van der Waals surface area contributed by atoms with Gasteiger partial charge in [0.25, 0.3) is 0 Å². The molecule has 0 aliphatic heterocycles. The van der Waals surface area contributed by atoms with Crippen LogP contribution in [0.2, 0.25) is 0 Å². The van der Waals surface area contributed by atoms with Crippen molar-refractivity contribution in [3.8, 4) is 0 Å². The van der Waals surface area contributed by atoms with Crippen molar-refractivity contribution in [1.82, 2.24) is 0 Å². The lowest BCUT2D eigenvalue weighted by molar-refractivity contribution is 0.537. The predicted molar refractivity (Wildman–Crippen MR) is 110 cm³/mol. The van der Waals surface area contributed by atoms with Crippen molar-refractivity contribution >= 4 is 13.5 Å². The molecule has 0 aliphatic carbocycles. The molecule has 24 heavy (non-hydrogen) atoms. The van der Waals surface area contributed by atoms with Crippen LogP contribution < -0.4 is 5.30 Å². The molecule has 138 valence electrons. The number of benzene rings is 1. The van der Waals surface area contributed by atoms with Crippen LogP contribution in [0, 0.1) is 0 Å². The van der Waals surface area contributed by atoms with E-state index in [1.54, 1.807) is 0 Å². The highest BCUT2D eigenvalue weighted by atomic mass is 31.1. The van der Waals surface area contributed by atoms with Crippen LogP contribution in [0.1, 0.15) is 96.8 Å². The molecule has 0 aromatic heterocycles. The molecule has 1 aromatic rings. The Labute approximate surface area is 152 Å². The maximum absolute atomic E-state index is 10.2. The van der Waals surface area contributed by atoms with E-state index in [0.717, 1.165) is 11.5 Å². The minimum Gasteiger partial charge on any atom is -0.369 e. The zero-order valence-corrected chi connectivity index (χ0v) is 16.8. The molecule has 0 saturated heterocycles. The molecule has 0 spiro atoms. The van der Waals surface area contributed by atoms with Gasteiger partial charge in [0.2, 0.25) is 0 Å². The van der Waals surface area contributed by atoms with Gasteiger partial charge in [0.15, 0.2) is 0 Å². The summed E-state index contributed by atoms with van der Waals surface area (Å²) >= 11 is 0. The van der Waals surface area contributed by atoms with Crippen LogP contribution in [-0.2, 0) is 0 Å². The Morgan fingerprint density at radius 1 is 0.625 bits per heavy atom. The molecule has 1 nitrogen and oxygen atoms in total. The van der Waals surface area contributed by atoms with Gasteiger partial charge in [-0.15, -0.1) is 0 Å². The van der Waals surface area contributed by atoms with Crippen LogP contribution in [0.15, 0.2) is 30.3 Å². The molecule has 1 atom stereocenters. The van der Waals surface area contributed by atoms with Crippen molar-refractivity contribution in [2.75, 3.05) is 6.16 Å². The van der Waals surface area contributed by atoms with Gasteiger partial charge >= 0.3 is 0 Å². The van der Waals surface area contributed by atoms with E-state index in [1.807, 2.05) is 18.2 Å². The lowest BCUT2D eigenvalue weighted by Crippen LogP contribution is -2.01. The molecule has 0 aliphatic rings. The van der Waals surface area contributed by atoms with Crippen LogP contribution in [0.3, 0.4) is 0 Å². The first-order valence-electron chi connectivity index (χ1n) is 10.4. The first kappa shape index (κ1) is 21.7. The topological polar surface area (TPSA) is 20.2 Å². The van der Waals surface area contributed by atoms with E-state index in [2.05, 4.69) is 19.1 Å². The van der Waals surface area contributed by atoms with Crippen molar-refractivity contribution in [3.63, 3.8) is 0 Å². The second-order valence-corrected chi connectivity index (χ2v) is 8.82. The smallest absolute Gasteiger partial charge is 0.0563 e. The Morgan fingerprint density at radius 3 is 1.50 bits per heavy atom. The van der Waals surface area contributed by atoms with E-state index in [0.29, 0.717) is 0 Å². The van der Waals surface area contributed by atoms with Crippen LogP contribution in [0.4, 0.5) is 0 Å². The minimum absolute atomic E-state index is 0.916. The highest BCUT2D eigenvalue weighted by Gasteiger charge is 2.05. The number of hydrogen-bond donors (Lipinski definition) is 1. The zero-order chi connectivity index (χ0) is 17.3. The molecule has 0 heterocycles. The average Bonchev–Trinajstić information content (AvgIpc) is 2.62. The fourth-order valence-corrected chi connectivity index (χ4v) is 4.48. The molecule has 0 bridgehead atoms. The molecular formula is C22H39OP. The zero-order valence-electron chi connectivity index (χ0n) is 15.9. The van der Waals surface area contributed by atoms with Gasteiger partial charge < -0.3 is 4.89 Å². The van der Waals surface area contributed by atoms with Crippen molar-refractivity contribution in [2.24, 2.45) is 0 Å². The summed E-state index contributed by atoms with van der Waals surface area (Å²) in [5, 5.41) is 1.13. The second-order valence-electron chi connectivity index (χ2n) is 7.05. The molecule has 1 unspecified atom stereocenters. The largest absolute Gasteiger partial charge is 0.369 e. The van der Waals surface area contributed by atoms with Crippen LogP contribution in [-0.4, -0.2) is 11.1 Å². The summed E-state index contributed by atoms with van der Waals surface area (Å²) in [5.74, 6) is 0. The van der Waals surface area contributed by atoms with Gasteiger partial charge in [0.1, 0.15) is 0 Å². The van der Waals surface area contributed by atoms with E-state index >= 15 is 0 Å². The molecule has 0 saturated carbocycles. The van der Waals surface area contributed by atoms with Crippen LogP contribution in [0.5, 0.6) is 0 Å². The summed E-state index contributed by atoms with van der Waals surface area (Å²) in [6.45, 7) is 2.28. The summed E-state index contributed by atoms with van der Waals surface area (Å²) in [6.07, 6.45) is 20.4. The predicted octanol–water partition coefficient (Wildman–Crippen LogP) is 7.18. The van der Waals surface area contributed by atoms with Crippen molar-refractivity contribution in [2.45, 2.75) is 96.8 Å². The highest BCUT2D eigenvalue weighted by Crippen LogP contribution is 2.30. The van der Waals surface area contributed by atoms with E-state index < -0.39 is 8.15 Å². The van der Waals surface area contributed by atoms with Gasteiger partial charge in [0, 0.05) is 5.30 Å². The fourth-order valence-electron chi connectivity index (χ4n) is 3.19. The van der Waals surface area contributed by atoms with Crippen molar-refractivity contribution < 1.29 is 4.89 Å². The third-order valence-corrected chi connectivity index (χ3v) is 6.41. The normalized spacial score (nSPS) is 12.4. The number of unbranched alkanes of at least 4 members (excludes halogenated alkanes) is 13. The first-order chi connectivity index (χ1) is 11.8. The van der Waals surface area contributed by atoms with Crippen LogP contribution in [0.25, 0.3) is 0 Å². The van der Waals surface area contributed by atoms with Gasteiger partial charge in [0.05, 0.1) is 8.15 Å². The third-order valence-electron chi connectivity index (χ3n) is 4.78. The van der Waals surface area contributed by atoms with E-state index in [4.69, 9.17) is 0 Å². The Bertz CT molecular complexity index is 365. The van der Waals surface area contributed by atoms with E-state index in [9.17, 15) is 4.89 Å². The van der Waals surface area contributed by atoms with Gasteiger partial charge in [-0.25, -0.2) is 0 Å². The quantitative estimate of drug-likeness (QED) is 0.247. The summed E-state index contributed by atoms with van der Waals surface area (Å²) < 4.78 is 0. The maximum atomic E-state index is 10.2. The molecule has 1 rings (SSSR count). The summed E-state index contributed by atoms with van der Waals surface area (Å²) in [5.41, 5.74) is 0. The molecule has 2 heteroatoms. The lowest BCUT2D eigenvalue weighted by Gasteiger charge is -2.10. The Hall–Kier alpha value is -0.390. The fraction of sp³-hybridized carbons (Fsp3) is 0.727. The van der Waals surface area contributed by atoms with Crippen molar-refractivity contribution in [3.05, 3.63) is 30.3 Å². The summed E-state index contributed by atoms with van der Waals surface area (Å²) in [6, 6.07) is 10.2. The maximum Gasteiger partial charge on any atom is 0.0563 e. The molecule has 1 N–H and O–H groups in total. The SMILES string of the molecule is CCCCCCCCCCCCCCCCP(O)c1ccccc1. The monoisotopic (exact) mass is 350 g/mol. The van der Waals surface area contributed by atoms with Gasteiger partial charge in [-0.3, -0.25) is 0 Å². The number of rotatable bonds is 16.